The van der Waals surface area contributed by atoms with E-state index in [0.29, 0.717) is 5.92 Å². The van der Waals surface area contributed by atoms with E-state index in [1.165, 1.54) is 11.1 Å². The van der Waals surface area contributed by atoms with Crippen LogP contribution in [0.5, 0.6) is 0 Å². The van der Waals surface area contributed by atoms with Gasteiger partial charge in [0, 0.05) is 12.1 Å². The Labute approximate surface area is 113 Å². The van der Waals surface area contributed by atoms with Gasteiger partial charge in [-0.25, -0.2) is 0 Å². The van der Waals surface area contributed by atoms with Crippen LogP contribution < -0.4 is 0 Å². The maximum absolute atomic E-state index is 10.6. The van der Waals surface area contributed by atoms with Crippen molar-refractivity contribution in [3.05, 3.63) is 75.3 Å². The summed E-state index contributed by atoms with van der Waals surface area (Å²) in [5.74, 6) is 0.481. The Balaban J connectivity index is 2.24. The molecule has 0 spiro atoms. The topological polar surface area (TPSA) is 43.1 Å². The molecule has 2 aromatic rings. The molecule has 0 aliphatic heterocycles. The lowest BCUT2D eigenvalue weighted by Crippen LogP contribution is -1.97. The molecule has 0 unspecified atom stereocenters. The van der Waals surface area contributed by atoms with Gasteiger partial charge in [-0.2, -0.15) is 0 Å². The Hall–Kier alpha value is -2.16. The predicted molar refractivity (Wildman–Crippen MR) is 76.4 cm³/mol. The van der Waals surface area contributed by atoms with Gasteiger partial charge in [0.25, 0.3) is 5.69 Å². The second-order valence-corrected chi connectivity index (χ2v) is 4.95. The van der Waals surface area contributed by atoms with Crippen molar-refractivity contribution in [1.82, 2.24) is 0 Å². The van der Waals surface area contributed by atoms with E-state index in [1.807, 2.05) is 18.2 Å². The Kier molecular flexibility index (Phi) is 3.95. The molecule has 0 fully saturated rings. The molecule has 0 N–H and O–H groups in total. The lowest BCUT2D eigenvalue weighted by Gasteiger charge is -2.12. The van der Waals surface area contributed by atoms with E-state index in [1.54, 1.807) is 12.1 Å². The minimum absolute atomic E-state index is 0.140. The summed E-state index contributed by atoms with van der Waals surface area (Å²) in [4.78, 5) is 10.3. The summed E-state index contributed by atoms with van der Waals surface area (Å²) in [6.45, 7) is 4.35. The summed E-state index contributed by atoms with van der Waals surface area (Å²) in [6, 6.07) is 15.1. The highest BCUT2D eigenvalue weighted by Gasteiger charge is 2.08. The number of nitro groups is 1. The first-order valence-corrected chi connectivity index (χ1v) is 6.39. The fraction of sp³-hybridized carbons (Fsp3) is 0.250. The first-order chi connectivity index (χ1) is 9.08. The predicted octanol–water partition coefficient (Wildman–Crippen LogP) is 4.31. The van der Waals surface area contributed by atoms with Crippen LogP contribution >= 0.6 is 0 Å². The van der Waals surface area contributed by atoms with E-state index in [2.05, 4.69) is 32.0 Å². The lowest BCUT2D eigenvalue weighted by atomic mass is 9.93. The third kappa shape index (κ3) is 3.19. The van der Waals surface area contributed by atoms with Gasteiger partial charge in [0.2, 0.25) is 0 Å². The standard InChI is InChI=1S/C16H17NO2/c1-12(2)16-6-4-3-5-14(16)11-13-7-9-15(10-8-13)17(18)19/h3-10,12H,11H2,1-2H3. The molecule has 0 aromatic heterocycles. The highest BCUT2D eigenvalue weighted by atomic mass is 16.6. The summed E-state index contributed by atoms with van der Waals surface area (Å²) in [6.07, 6.45) is 0.812. The smallest absolute Gasteiger partial charge is 0.258 e. The summed E-state index contributed by atoms with van der Waals surface area (Å²) in [5.41, 5.74) is 3.85. The Bertz CT molecular complexity index is 574. The number of benzene rings is 2. The number of hydrogen-bond donors (Lipinski definition) is 0. The highest BCUT2D eigenvalue weighted by molar-refractivity contribution is 5.38. The molecule has 0 aliphatic rings. The Morgan fingerprint density at radius 1 is 1.05 bits per heavy atom. The largest absolute Gasteiger partial charge is 0.269 e. The summed E-state index contributed by atoms with van der Waals surface area (Å²) in [5, 5.41) is 10.6. The van der Waals surface area contributed by atoms with Gasteiger partial charge in [0.1, 0.15) is 0 Å². The molecule has 0 atom stereocenters. The molecule has 0 bridgehead atoms. The first-order valence-electron chi connectivity index (χ1n) is 6.39. The fourth-order valence-corrected chi connectivity index (χ4v) is 2.21. The van der Waals surface area contributed by atoms with Crippen molar-refractivity contribution in [3.8, 4) is 0 Å². The zero-order valence-corrected chi connectivity index (χ0v) is 11.2. The monoisotopic (exact) mass is 255 g/mol. The molecular formula is C16H17NO2. The van der Waals surface area contributed by atoms with E-state index >= 15 is 0 Å². The van der Waals surface area contributed by atoms with Crippen molar-refractivity contribution in [1.29, 1.82) is 0 Å². The summed E-state index contributed by atoms with van der Waals surface area (Å²) < 4.78 is 0. The zero-order valence-electron chi connectivity index (χ0n) is 11.2. The summed E-state index contributed by atoms with van der Waals surface area (Å²) >= 11 is 0. The van der Waals surface area contributed by atoms with Crippen LogP contribution in [0.15, 0.2) is 48.5 Å². The van der Waals surface area contributed by atoms with Gasteiger partial charge in [-0.3, -0.25) is 10.1 Å². The minimum Gasteiger partial charge on any atom is -0.258 e. The van der Waals surface area contributed by atoms with Crippen molar-refractivity contribution in [2.45, 2.75) is 26.2 Å². The molecule has 0 aliphatic carbocycles. The Morgan fingerprint density at radius 2 is 1.68 bits per heavy atom. The molecule has 3 heteroatoms. The van der Waals surface area contributed by atoms with Gasteiger partial charge < -0.3 is 0 Å². The van der Waals surface area contributed by atoms with Crippen LogP contribution in [0.25, 0.3) is 0 Å². The van der Waals surface area contributed by atoms with Crippen LogP contribution in [0.1, 0.15) is 36.5 Å². The van der Waals surface area contributed by atoms with E-state index in [0.717, 1.165) is 12.0 Å². The Morgan fingerprint density at radius 3 is 2.26 bits per heavy atom. The SMILES string of the molecule is CC(C)c1ccccc1Cc1ccc([N+](=O)[O-])cc1. The average Bonchev–Trinajstić information content (AvgIpc) is 2.39. The van der Waals surface area contributed by atoms with Gasteiger partial charge in [-0.15, -0.1) is 0 Å². The van der Waals surface area contributed by atoms with Crippen molar-refractivity contribution < 1.29 is 4.92 Å². The minimum atomic E-state index is -0.369. The number of rotatable bonds is 4. The van der Waals surface area contributed by atoms with Crippen LogP contribution in [0, 0.1) is 10.1 Å². The normalized spacial score (nSPS) is 10.7. The van der Waals surface area contributed by atoms with E-state index in [-0.39, 0.29) is 10.6 Å². The maximum atomic E-state index is 10.6. The molecule has 0 amide bonds. The first kappa shape index (κ1) is 13.3. The van der Waals surface area contributed by atoms with Crippen molar-refractivity contribution in [2.24, 2.45) is 0 Å². The molecule has 0 heterocycles. The maximum Gasteiger partial charge on any atom is 0.269 e. The van der Waals surface area contributed by atoms with Crippen molar-refractivity contribution in [2.75, 3.05) is 0 Å². The third-order valence-corrected chi connectivity index (χ3v) is 3.22. The van der Waals surface area contributed by atoms with Crippen molar-refractivity contribution in [3.63, 3.8) is 0 Å². The molecule has 19 heavy (non-hydrogen) atoms. The number of nitrogens with zero attached hydrogens (tertiary/aromatic N) is 1. The number of hydrogen-bond acceptors (Lipinski definition) is 2. The number of non-ortho nitro benzene ring substituents is 1. The fourth-order valence-electron chi connectivity index (χ4n) is 2.21. The quantitative estimate of drug-likeness (QED) is 0.603. The van der Waals surface area contributed by atoms with Gasteiger partial charge >= 0.3 is 0 Å². The van der Waals surface area contributed by atoms with Gasteiger partial charge in [0.15, 0.2) is 0 Å². The van der Waals surface area contributed by atoms with Crippen LogP contribution in [0.4, 0.5) is 5.69 Å². The van der Waals surface area contributed by atoms with Gasteiger partial charge in [0.05, 0.1) is 4.92 Å². The second kappa shape index (κ2) is 5.65. The third-order valence-electron chi connectivity index (χ3n) is 3.22. The van der Waals surface area contributed by atoms with Crippen LogP contribution in [0.3, 0.4) is 0 Å². The molecule has 0 saturated heterocycles. The van der Waals surface area contributed by atoms with Crippen LogP contribution in [0.2, 0.25) is 0 Å². The van der Waals surface area contributed by atoms with Crippen molar-refractivity contribution >= 4 is 5.69 Å². The molecule has 98 valence electrons. The van der Waals surface area contributed by atoms with E-state index in [4.69, 9.17) is 0 Å². The molecule has 0 radical (unpaired) electrons. The van der Waals surface area contributed by atoms with Gasteiger partial charge in [-0.1, -0.05) is 50.2 Å². The summed E-state index contributed by atoms with van der Waals surface area (Å²) in [7, 11) is 0. The van der Waals surface area contributed by atoms with Crippen LogP contribution in [-0.2, 0) is 6.42 Å². The second-order valence-electron chi connectivity index (χ2n) is 4.95. The molecule has 0 saturated carbocycles. The van der Waals surface area contributed by atoms with Gasteiger partial charge in [-0.05, 0) is 29.0 Å². The van der Waals surface area contributed by atoms with E-state index in [9.17, 15) is 10.1 Å². The van der Waals surface area contributed by atoms with Crippen LogP contribution in [-0.4, -0.2) is 4.92 Å². The molecule has 2 rings (SSSR count). The zero-order chi connectivity index (χ0) is 13.8. The average molecular weight is 255 g/mol. The highest BCUT2D eigenvalue weighted by Crippen LogP contribution is 2.22. The number of nitro benzene ring substituents is 1. The van der Waals surface area contributed by atoms with E-state index < -0.39 is 0 Å². The molecular weight excluding hydrogens is 238 g/mol. The molecule has 2 aromatic carbocycles. The lowest BCUT2D eigenvalue weighted by molar-refractivity contribution is -0.384. The molecule has 3 nitrogen and oxygen atoms in total.